The van der Waals surface area contributed by atoms with E-state index < -0.39 is 0 Å². The summed E-state index contributed by atoms with van der Waals surface area (Å²) < 4.78 is 1.40. The lowest BCUT2D eigenvalue weighted by Crippen LogP contribution is -2.47. The molecule has 6 nitrogen and oxygen atoms in total. The van der Waals surface area contributed by atoms with Crippen LogP contribution in [0.15, 0.2) is 11.1 Å². The average molecular weight is 357 g/mol. The Labute approximate surface area is 144 Å². The molecule has 2 N–H and O–H groups in total. The average Bonchev–Trinajstić information content (AvgIpc) is 2.79. The highest BCUT2D eigenvalue weighted by Gasteiger charge is 2.17. The second kappa shape index (κ2) is 7.42. The molecule has 2 aromatic rings. The molecular weight excluding hydrogens is 336 g/mol. The molecular formula is C15H21ClN4O2S. The van der Waals surface area contributed by atoms with Gasteiger partial charge in [-0.3, -0.25) is 14.2 Å². The third-order valence-electron chi connectivity index (χ3n) is 4.13. The van der Waals surface area contributed by atoms with Crippen LogP contribution >= 0.6 is 23.7 Å². The van der Waals surface area contributed by atoms with Crippen molar-refractivity contribution in [1.29, 1.82) is 0 Å². The van der Waals surface area contributed by atoms with Gasteiger partial charge < -0.3 is 10.6 Å². The Balaban J connectivity index is 0.00000192. The number of aromatic nitrogens is 2. The Morgan fingerprint density at radius 3 is 3.00 bits per heavy atom. The minimum absolute atomic E-state index is 0. The van der Waals surface area contributed by atoms with E-state index >= 15 is 0 Å². The maximum Gasteiger partial charge on any atom is 0.262 e. The molecule has 0 aromatic carbocycles. The van der Waals surface area contributed by atoms with Crippen molar-refractivity contribution >= 4 is 39.9 Å². The zero-order chi connectivity index (χ0) is 15.7. The summed E-state index contributed by atoms with van der Waals surface area (Å²) in [7, 11) is 0. The van der Waals surface area contributed by atoms with Crippen LogP contribution in [0, 0.1) is 13.8 Å². The van der Waals surface area contributed by atoms with Gasteiger partial charge in [-0.2, -0.15) is 0 Å². The minimum Gasteiger partial charge on any atom is -0.351 e. The maximum absolute atomic E-state index is 12.5. The van der Waals surface area contributed by atoms with Crippen LogP contribution in [0.2, 0.25) is 0 Å². The number of fused-ring (bicyclic) bond motifs is 1. The number of aryl methyl sites for hydroxylation is 2. The second-order valence-electron chi connectivity index (χ2n) is 5.75. The van der Waals surface area contributed by atoms with E-state index in [-0.39, 0.29) is 36.5 Å². The number of nitrogens with zero attached hydrogens (tertiary/aromatic N) is 2. The van der Waals surface area contributed by atoms with Gasteiger partial charge in [0.1, 0.15) is 11.4 Å². The molecule has 0 bridgehead atoms. The molecule has 2 aromatic heterocycles. The molecule has 0 unspecified atom stereocenters. The molecule has 1 aliphatic rings. The van der Waals surface area contributed by atoms with E-state index in [9.17, 15) is 9.59 Å². The zero-order valence-electron chi connectivity index (χ0n) is 13.2. The molecule has 126 valence electrons. The SMILES string of the molecule is Cc1sc2ncn(CC(=O)N[C@H]3CCCNC3)c(=O)c2c1C.Cl. The van der Waals surface area contributed by atoms with Crippen molar-refractivity contribution in [2.45, 2.75) is 39.3 Å². The summed E-state index contributed by atoms with van der Waals surface area (Å²) in [6.07, 6.45) is 3.51. The lowest BCUT2D eigenvalue weighted by atomic mass is 10.1. The highest BCUT2D eigenvalue weighted by molar-refractivity contribution is 7.18. The van der Waals surface area contributed by atoms with Crippen molar-refractivity contribution < 1.29 is 4.79 Å². The van der Waals surface area contributed by atoms with Gasteiger partial charge in [0.05, 0.1) is 11.7 Å². The van der Waals surface area contributed by atoms with Crippen molar-refractivity contribution in [1.82, 2.24) is 20.2 Å². The fourth-order valence-electron chi connectivity index (χ4n) is 2.79. The predicted octanol–water partition coefficient (Wildman–Crippen LogP) is 1.36. The highest BCUT2D eigenvalue weighted by atomic mass is 35.5. The third kappa shape index (κ3) is 3.73. The fraction of sp³-hybridized carbons (Fsp3) is 0.533. The van der Waals surface area contributed by atoms with E-state index in [2.05, 4.69) is 15.6 Å². The Bertz CT molecular complexity index is 765. The minimum atomic E-state index is -0.137. The van der Waals surface area contributed by atoms with Gasteiger partial charge in [-0.1, -0.05) is 0 Å². The molecule has 1 atom stereocenters. The van der Waals surface area contributed by atoms with Crippen LogP contribution in [-0.4, -0.2) is 34.6 Å². The van der Waals surface area contributed by atoms with Gasteiger partial charge in [0.15, 0.2) is 0 Å². The monoisotopic (exact) mass is 356 g/mol. The maximum atomic E-state index is 12.5. The molecule has 1 fully saturated rings. The van der Waals surface area contributed by atoms with Gasteiger partial charge >= 0.3 is 0 Å². The predicted molar refractivity (Wildman–Crippen MR) is 94.6 cm³/mol. The van der Waals surface area contributed by atoms with Crippen molar-refractivity contribution in [2.24, 2.45) is 0 Å². The van der Waals surface area contributed by atoms with Crippen LogP contribution in [0.4, 0.5) is 0 Å². The topological polar surface area (TPSA) is 76.0 Å². The first-order chi connectivity index (χ1) is 10.6. The summed E-state index contributed by atoms with van der Waals surface area (Å²) in [6.45, 7) is 5.72. The summed E-state index contributed by atoms with van der Waals surface area (Å²) in [5.41, 5.74) is 0.826. The van der Waals surface area contributed by atoms with Crippen LogP contribution in [0.5, 0.6) is 0 Å². The lowest BCUT2D eigenvalue weighted by molar-refractivity contribution is -0.122. The largest absolute Gasteiger partial charge is 0.351 e. The number of hydrogen-bond donors (Lipinski definition) is 2. The molecule has 23 heavy (non-hydrogen) atoms. The van der Waals surface area contributed by atoms with Crippen LogP contribution in [0.3, 0.4) is 0 Å². The van der Waals surface area contributed by atoms with Gasteiger partial charge in [-0.05, 0) is 38.8 Å². The van der Waals surface area contributed by atoms with Crippen LogP contribution in [-0.2, 0) is 11.3 Å². The van der Waals surface area contributed by atoms with Crippen LogP contribution < -0.4 is 16.2 Å². The fourth-order valence-corrected chi connectivity index (χ4v) is 3.77. The molecule has 8 heteroatoms. The smallest absolute Gasteiger partial charge is 0.262 e. The number of piperidine rings is 1. The molecule has 0 spiro atoms. The number of carbonyl (C=O) groups is 1. The van der Waals surface area contributed by atoms with Gasteiger partial charge in [0, 0.05) is 17.5 Å². The number of carbonyl (C=O) groups excluding carboxylic acids is 1. The Morgan fingerprint density at radius 2 is 2.30 bits per heavy atom. The van der Waals surface area contributed by atoms with E-state index in [1.165, 1.54) is 22.2 Å². The van der Waals surface area contributed by atoms with E-state index in [4.69, 9.17) is 0 Å². The van der Waals surface area contributed by atoms with Crippen molar-refractivity contribution in [3.8, 4) is 0 Å². The first kappa shape index (κ1) is 17.9. The van der Waals surface area contributed by atoms with Gasteiger partial charge in [0.2, 0.25) is 5.91 Å². The molecule has 1 saturated heterocycles. The summed E-state index contributed by atoms with van der Waals surface area (Å²) in [5.74, 6) is -0.137. The quantitative estimate of drug-likeness (QED) is 0.870. The number of nitrogens with one attached hydrogen (secondary N) is 2. The summed E-state index contributed by atoms with van der Waals surface area (Å²) in [6, 6.07) is 0.152. The molecule has 1 amide bonds. The molecule has 0 saturated carbocycles. The van der Waals surface area contributed by atoms with Crippen LogP contribution in [0.1, 0.15) is 23.3 Å². The molecule has 0 aliphatic carbocycles. The standard InChI is InChI=1S/C15H20N4O2S.ClH/c1-9-10(2)22-14-13(9)15(21)19(8-17-14)7-12(20)18-11-4-3-5-16-6-11;/h8,11,16H,3-7H2,1-2H3,(H,18,20);1H/t11-;/m0./s1. The Hall–Kier alpha value is -1.44. The number of rotatable bonds is 3. The van der Waals surface area contributed by atoms with E-state index in [0.29, 0.717) is 5.39 Å². The van der Waals surface area contributed by atoms with Crippen LogP contribution in [0.25, 0.3) is 10.2 Å². The Kier molecular flexibility index (Phi) is 5.78. The molecule has 1 aliphatic heterocycles. The first-order valence-corrected chi connectivity index (χ1v) is 8.33. The van der Waals surface area contributed by atoms with Crippen molar-refractivity contribution in [3.05, 3.63) is 27.1 Å². The number of hydrogen-bond acceptors (Lipinski definition) is 5. The summed E-state index contributed by atoms with van der Waals surface area (Å²) >= 11 is 1.52. The van der Waals surface area contributed by atoms with E-state index in [0.717, 1.165) is 41.2 Å². The van der Waals surface area contributed by atoms with Gasteiger partial charge in [-0.25, -0.2) is 4.98 Å². The highest BCUT2D eigenvalue weighted by Crippen LogP contribution is 2.25. The van der Waals surface area contributed by atoms with Gasteiger partial charge in [0.25, 0.3) is 5.56 Å². The summed E-state index contributed by atoms with van der Waals surface area (Å²) in [5, 5.41) is 6.87. The normalized spacial score (nSPS) is 17.7. The first-order valence-electron chi connectivity index (χ1n) is 7.51. The number of amides is 1. The molecule has 0 radical (unpaired) electrons. The van der Waals surface area contributed by atoms with Crippen molar-refractivity contribution in [3.63, 3.8) is 0 Å². The second-order valence-corrected chi connectivity index (χ2v) is 6.96. The zero-order valence-corrected chi connectivity index (χ0v) is 14.9. The lowest BCUT2D eigenvalue weighted by Gasteiger charge is -2.23. The molecule has 3 rings (SSSR count). The van der Waals surface area contributed by atoms with Crippen molar-refractivity contribution in [2.75, 3.05) is 13.1 Å². The third-order valence-corrected chi connectivity index (χ3v) is 5.25. The van der Waals surface area contributed by atoms with E-state index in [1.807, 2.05) is 13.8 Å². The summed E-state index contributed by atoms with van der Waals surface area (Å²) in [4.78, 5) is 30.8. The number of thiophene rings is 1. The molecule has 3 heterocycles. The Morgan fingerprint density at radius 1 is 1.52 bits per heavy atom. The van der Waals surface area contributed by atoms with Gasteiger partial charge in [-0.15, -0.1) is 23.7 Å². The van der Waals surface area contributed by atoms with E-state index in [1.54, 1.807) is 0 Å². The number of halogens is 1.